The van der Waals surface area contributed by atoms with Crippen LogP contribution < -0.4 is 15.0 Å². The van der Waals surface area contributed by atoms with Crippen molar-refractivity contribution in [2.24, 2.45) is 5.41 Å². The van der Waals surface area contributed by atoms with Crippen LogP contribution >= 0.6 is 0 Å². The number of hydrogen-bond donors (Lipinski definition) is 2. The van der Waals surface area contributed by atoms with E-state index in [1.165, 1.54) is 0 Å². The third kappa shape index (κ3) is 4.72. The lowest BCUT2D eigenvalue weighted by atomic mass is 9.96. The molecule has 1 aliphatic carbocycles. The Morgan fingerprint density at radius 1 is 0.952 bits per heavy atom. The molecule has 9 heteroatoms. The Balaban J connectivity index is 1.19. The lowest BCUT2D eigenvalue weighted by molar-refractivity contribution is 0.165. The molecular formula is C33H35F2N5O2. The highest BCUT2D eigenvalue weighted by molar-refractivity contribution is 6.01. The quantitative estimate of drug-likeness (QED) is 0.306. The Labute approximate surface area is 243 Å². The number of aromatic hydroxyl groups is 1. The standard InChI is InChI=1S/C33H35F2N5O2/c34-21-9-12-39(15-21)18-33(10-11-33)19-42-32-37-30-27(31(38-32)40-16-22-5-6-23(17-40)36-22)8-7-26(29(30)35)28-14-24(41)13-20-3-1-2-4-25(20)28/h1-4,7-8,13-14,21-23,36,41H,5-6,9-12,15-19H2/t21-,22?,23?/m0/s1. The predicted octanol–water partition coefficient (Wildman–Crippen LogP) is 5.44. The lowest BCUT2D eigenvalue weighted by Gasteiger charge is -2.34. The number of halogens is 2. The highest BCUT2D eigenvalue weighted by Gasteiger charge is 2.46. The number of alkyl halides is 1. The van der Waals surface area contributed by atoms with Crippen molar-refractivity contribution in [3.8, 4) is 22.9 Å². The molecule has 2 N–H and O–H groups in total. The molecule has 4 aliphatic rings. The van der Waals surface area contributed by atoms with Crippen LogP contribution in [0.3, 0.4) is 0 Å². The second-order valence-electron chi connectivity index (χ2n) is 12.8. The molecule has 0 amide bonds. The van der Waals surface area contributed by atoms with Crippen molar-refractivity contribution in [2.75, 3.05) is 44.2 Å². The maximum atomic E-state index is 16.6. The van der Waals surface area contributed by atoms with E-state index in [4.69, 9.17) is 9.72 Å². The van der Waals surface area contributed by atoms with Crippen LogP contribution in [-0.4, -0.2) is 77.6 Å². The first kappa shape index (κ1) is 26.1. The van der Waals surface area contributed by atoms with E-state index in [-0.39, 0.29) is 22.7 Å². The van der Waals surface area contributed by atoms with Gasteiger partial charge in [-0.15, -0.1) is 0 Å². The summed E-state index contributed by atoms with van der Waals surface area (Å²) < 4.78 is 36.7. The molecule has 0 radical (unpaired) electrons. The number of phenols is 1. The van der Waals surface area contributed by atoms with E-state index in [0.717, 1.165) is 62.6 Å². The van der Waals surface area contributed by atoms with Gasteiger partial charge < -0.3 is 20.1 Å². The largest absolute Gasteiger partial charge is 0.508 e. The van der Waals surface area contributed by atoms with Crippen LogP contribution in [0.4, 0.5) is 14.6 Å². The molecule has 7 nitrogen and oxygen atoms in total. The fourth-order valence-corrected chi connectivity index (χ4v) is 7.27. The van der Waals surface area contributed by atoms with Gasteiger partial charge in [0.2, 0.25) is 0 Å². The summed E-state index contributed by atoms with van der Waals surface area (Å²) in [4.78, 5) is 14.0. The van der Waals surface area contributed by atoms with E-state index in [0.29, 0.717) is 54.0 Å². The first-order valence-electron chi connectivity index (χ1n) is 15.2. The van der Waals surface area contributed by atoms with E-state index in [1.807, 2.05) is 30.3 Å². The fraction of sp³-hybridized carbons (Fsp3) is 0.455. The third-order valence-corrected chi connectivity index (χ3v) is 9.66. The summed E-state index contributed by atoms with van der Waals surface area (Å²) in [6.07, 6.45) is 4.13. The Morgan fingerprint density at radius 2 is 1.76 bits per heavy atom. The fourth-order valence-electron chi connectivity index (χ4n) is 7.27. The highest BCUT2D eigenvalue weighted by atomic mass is 19.1. The first-order valence-corrected chi connectivity index (χ1v) is 15.2. The molecule has 4 aromatic rings. The zero-order valence-corrected chi connectivity index (χ0v) is 23.5. The smallest absolute Gasteiger partial charge is 0.319 e. The number of benzene rings is 3. The predicted molar refractivity (Wildman–Crippen MR) is 159 cm³/mol. The minimum absolute atomic E-state index is 0.0302. The molecule has 3 aromatic carbocycles. The molecule has 2 bridgehead atoms. The molecule has 1 aromatic heterocycles. The molecule has 218 valence electrons. The molecule has 3 atom stereocenters. The van der Waals surface area contributed by atoms with Crippen molar-refractivity contribution in [1.29, 1.82) is 0 Å². The average molecular weight is 572 g/mol. The lowest BCUT2D eigenvalue weighted by Crippen LogP contribution is -2.51. The minimum Gasteiger partial charge on any atom is -0.508 e. The second kappa shape index (κ2) is 10.0. The maximum Gasteiger partial charge on any atom is 0.319 e. The number of aromatic nitrogens is 2. The number of ether oxygens (including phenoxy) is 1. The summed E-state index contributed by atoms with van der Waals surface area (Å²) in [6.45, 7) is 4.09. The topological polar surface area (TPSA) is 73.8 Å². The molecular weight excluding hydrogens is 536 g/mol. The van der Waals surface area contributed by atoms with Crippen LogP contribution in [0.25, 0.3) is 32.8 Å². The van der Waals surface area contributed by atoms with Crippen LogP contribution in [0, 0.1) is 11.2 Å². The summed E-state index contributed by atoms with van der Waals surface area (Å²) >= 11 is 0. The minimum atomic E-state index is -0.747. The zero-order valence-electron chi connectivity index (χ0n) is 23.5. The van der Waals surface area contributed by atoms with Gasteiger partial charge in [-0.3, -0.25) is 4.90 Å². The van der Waals surface area contributed by atoms with Gasteiger partial charge in [0.05, 0.1) is 6.61 Å². The Hall–Kier alpha value is -3.56. The van der Waals surface area contributed by atoms with Crippen molar-refractivity contribution in [3.05, 3.63) is 54.3 Å². The molecule has 2 unspecified atom stereocenters. The molecule has 4 fully saturated rings. The van der Waals surface area contributed by atoms with E-state index in [2.05, 4.69) is 20.1 Å². The number of nitrogens with zero attached hydrogens (tertiary/aromatic N) is 4. The van der Waals surface area contributed by atoms with Gasteiger partial charge in [-0.25, -0.2) is 8.78 Å². The Morgan fingerprint density at radius 3 is 2.52 bits per heavy atom. The molecule has 42 heavy (non-hydrogen) atoms. The maximum absolute atomic E-state index is 16.6. The summed E-state index contributed by atoms with van der Waals surface area (Å²) in [7, 11) is 0. The summed E-state index contributed by atoms with van der Waals surface area (Å²) in [5.41, 5.74) is 1.17. The van der Waals surface area contributed by atoms with Gasteiger partial charge in [-0.1, -0.05) is 30.3 Å². The van der Waals surface area contributed by atoms with Gasteiger partial charge in [-0.2, -0.15) is 9.97 Å². The SMILES string of the molecule is Oc1cc(-c2ccc3c(N4CC5CCC(C4)N5)nc(OCC4(CN5CC[C@H](F)C5)CC4)nc3c2F)c2ccccc2c1. The molecule has 4 heterocycles. The van der Waals surface area contributed by atoms with E-state index in [9.17, 15) is 9.50 Å². The molecule has 1 saturated carbocycles. The number of rotatable bonds is 7. The summed E-state index contributed by atoms with van der Waals surface area (Å²) in [6, 6.07) is 15.6. The third-order valence-electron chi connectivity index (χ3n) is 9.66. The summed E-state index contributed by atoms with van der Waals surface area (Å²) in [5, 5.41) is 16.5. The van der Waals surface area contributed by atoms with E-state index in [1.54, 1.807) is 18.2 Å². The van der Waals surface area contributed by atoms with Gasteiger partial charge in [-0.05, 0) is 66.6 Å². The number of phenolic OH excluding ortho intramolecular Hbond substituents is 1. The monoisotopic (exact) mass is 571 g/mol. The number of likely N-dealkylation sites (tertiary alicyclic amines) is 1. The van der Waals surface area contributed by atoms with E-state index < -0.39 is 12.0 Å². The number of anilines is 1. The molecule has 8 rings (SSSR count). The van der Waals surface area contributed by atoms with Gasteiger partial charge in [0.25, 0.3) is 0 Å². The van der Waals surface area contributed by atoms with Gasteiger partial charge in [0.1, 0.15) is 23.3 Å². The van der Waals surface area contributed by atoms with Crippen molar-refractivity contribution in [1.82, 2.24) is 20.2 Å². The first-order chi connectivity index (χ1) is 20.4. The van der Waals surface area contributed by atoms with Gasteiger partial charge in [0.15, 0.2) is 5.82 Å². The normalized spacial score (nSPS) is 25.0. The second-order valence-corrected chi connectivity index (χ2v) is 12.8. The van der Waals surface area contributed by atoms with Gasteiger partial charge >= 0.3 is 6.01 Å². The number of nitrogens with one attached hydrogen (secondary N) is 1. The van der Waals surface area contributed by atoms with Gasteiger partial charge in [0, 0.05) is 61.2 Å². The van der Waals surface area contributed by atoms with Crippen molar-refractivity contribution >= 4 is 27.5 Å². The Bertz CT molecular complexity index is 1670. The number of piperazine rings is 1. The molecule has 3 saturated heterocycles. The number of fused-ring (bicyclic) bond motifs is 4. The van der Waals surface area contributed by atoms with Crippen molar-refractivity contribution in [3.63, 3.8) is 0 Å². The van der Waals surface area contributed by atoms with Crippen LogP contribution in [0.2, 0.25) is 0 Å². The van der Waals surface area contributed by atoms with Crippen molar-refractivity contribution < 1.29 is 18.6 Å². The zero-order chi connectivity index (χ0) is 28.4. The van der Waals surface area contributed by atoms with E-state index >= 15 is 4.39 Å². The Kier molecular flexibility index (Phi) is 6.23. The van der Waals surface area contributed by atoms with Crippen LogP contribution in [0.5, 0.6) is 11.8 Å². The average Bonchev–Trinajstić information content (AvgIpc) is 3.51. The summed E-state index contributed by atoms with van der Waals surface area (Å²) in [5.74, 6) is 0.324. The van der Waals surface area contributed by atoms with Crippen LogP contribution in [0.15, 0.2) is 48.5 Å². The van der Waals surface area contributed by atoms with Crippen LogP contribution in [0.1, 0.15) is 32.1 Å². The number of hydrogen-bond acceptors (Lipinski definition) is 7. The van der Waals surface area contributed by atoms with Crippen LogP contribution in [-0.2, 0) is 0 Å². The van der Waals surface area contributed by atoms with Crippen molar-refractivity contribution in [2.45, 2.75) is 50.4 Å². The highest BCUT2D eigenvalue weighted by Crippen LogP contribution is 2.47. The molecule has 3 aliphatic heterocycles. The molecule has 0 spiro atoms.